The molecule has 1 aromatic heterocycles. The highest BCUT2D eigenvalue weighted by molar-refractivity contribution is 6.30. The van der Waals surface area contributed by atoms with Crippen molar-refractivity contribution in [3.63, 3.8) is 0 Å². The summed E-state index contributed by atoms with van der Waals surface area (Å²) in [4.78, 5) is 24.7. The second kappa shape index (κ2) is 6.80. The zero-order valence-electron chi connectivity index (χ0n) is 14.0. The normalized spacial score (nSPS) is 10.9. The van der Waals surface area contributed by atoms with E-state index < -0.39 is 23.4 Å². The molecule has 1 N–H and O–H groups in total. The molecule has 0 aliphatic heterocycles. The minimum atomic E-state index is -0.857. The van der Waals surface area contributed by atoms with Crippen molar-refractivity contribution in [2.45, 2.75) is 13.3 Å². The highest BCUT2D eigenvalue weighted by Gasteiger charge is 2.23. The van der Waals surface area contributed by atoms with Crippen molar-refractivity contribution in [2.75, 3.05) is 7.11 Å². The lowest BCUT2D eigenvalue weighted by molar-refractivity contribution is -0.139. The maximum absolute atomic E-state index is 13.9. The van der Waals surface area contributed by atoms with Crippen LogP contribution in [0.1, 0.15) is 21.6 Å². The van der Waals surface area contributed by atoms with E-state index in [9.17, 15) is 19.1 Å². The molecule has 1 heterocycles. The molecule has 2 aromatic carbocycles. The van der Waals surface area contributed by atoms with Crippen LogP contribution in [0.25, 0.3) is 10.9 Å². The highest BCUT2D eigenvalue weighted by Crippen LogP contribution is 2.32. The lowest BCUT2D eigenvalue weighted by Gasteiger charge is -2.08. The van der Waals surface area contributed by atoms with Crippen LogP contribution in [0.4, 0.5) is 4.39 Å². The SMILES string of the molecule is COC(=O)Cc1c(C)n(C(=O)c2ccc(Cl)cc2)c2cc(F)c(O)cc12. The van der Waals surface area contributed by atoms with Crippen LogP contribution < -0.4 is 0 Å². The average Bonchev–Trinajstić information content (AvgIpc) is 2.87. The first-order valence-corrected chi connectivity index (χ1v) is 8.10. The number of rotatable bonds is 3. The molecule has 5 nitrogen and oxygen atoms in total. The number of aromatic hydroxyl groups is 1. The Morgan fingerprint density at radius 3 is 2.50 bits per heavy atom. The van der Waals surface area contributed by atoms with Gasteiger partial charge in [-0.3, -0.25) is 14.2 Å². The van der Waals surface area contributed by atoms with E-state index in [-0.39, 0.29) is 11.9 Å². The van der Waals surface area contributed by atoms with E-state index in [4.69, 9.17) is 16.3 Å². The summed E-state index contributed by atoms with van der Waals surface area (Å²) >= 11 is 5.86. The van der Waals surface area contributed by atoms with E-state index >= 15 is 0 Å². The van der Waals surface area contributed by atoms with E-state index in [1.807, 2.05) is 0 Å². The lowest BCUT2D eigenvalue weighted by Crippen LogP contribution is -2.14. The molecule has 3 aromatic rings. The Bertz CT molecular complexity index is 1020. The highest BCUT2D eigenvalue weighted by atomic mass is 35.5. The van der Waals surface area contributed by atoms with Crippen LogP contribution in [-0.4, -0.2) is 28.7 Å². The number of hydrogen-bond acceptors (Lipinski definition) is 4. The second-order valence-corrected chi connectivity index (χ2v) is 6.22. The Hall–Kier alpha value is -2.86. The fourth-order valence-electron chi connectivity index (χ4n) is 2.91. The molecule has 0 radical (unpaired) electrons. The molecule has 0 bridgehead atoms. The number of methoxy groups -OCH3 is 1. The third-order valence-corrected chi connectivity index (χ3v) is 4.50. The van der Waals surface area contributed by atoms with Gasteiger partial charge >= 0.3 is 5.97 Å². The molecule has 0 spiro atoms. The number of aromatic nitrogens is 1. The van der Waals surface area contributed by atoms with E-state index in [0.29, 0.717) is 27.2 Å². The van der Waals surface area contributed by atoms with Crippen LogP contribution in [0.2, 0.25) is 5.02 Å². The summed E-state index contributed by atoms with van der Waals surface area (Å²) in [7, 11) is 1.26. The number of carbonyl (C=O) groups excluding carboxylic acids is 2. The van der Waals surface area contributed by atoms with Gasteiger partial charge in [0.2, 0.25) is 0 Å². The Labute approximate surface area is 153 Å². The van der Waals surface area contributed by atoms with Crippen molar-refractivity contribution in [1.29, 1.82) is 0 Å². The molecule has 0 unspecified atom stereocenters. The first kappa shape index (κ1) is 17.9. The van der Waals surface area contributed by atoms with E-state index in [0.717, 1.165) is 6.07 Å². The number of fused-ring (bicyclic) bond motifs is 1. The Balaban J connectivity index is 2.25. The van der Waals surface area contributed by atoms with Gasteiger partial charge < -0.3 is 9.84 Å². The first-order chi connectivity index (χ1) is 12.3. The number of benzene rings is 2. The van der Waals surface area contributed by atoms with Gasteiger partial charge in [0.05, 0.1) is 19.0 Å². The number of phenolic OH excluding ortho intramolecular Hbond substituents is 1. The molecule has 0 saturated heterocycles. The fourth-order valence-corrected chi connectivity index (χ4v) is 3.04. The molecular weight excluding hydrogens is 361 g/mol. The van der Waals surface area contributed by atoms with Gasteiger partial charge in [0.15, 0.2) is 11.6 Å². The van der Waals surface area contributed by atoms with Crippen LogP contribution in [-0.2, 0) is 16.0 Å². The lowest BCUT2D eigenvalue weighted by atomic mass is 10.1. The predicted octanol–water partition coefficient (Wildman–Crippen LogP) is 3.85. The van der Waals surface area contributed by atoms with Gasteiger partial charge in [-0.1, -0.05) is 11.6 Å². The van der Waals surface area contributed by atoms with Crippen LogP contribution in [0.5, 0.6) is 5.75 Å². The third-order valence-electron chi connectivity index (χ3n) is 4.25. The molecule has 26 heavy (non-hydrogen) atoms. The Morgan fingerprint density at radius 2 is 1.88 bits per heavy atom. The minimum absolute atomic E-state index is 0.106. The fraction of sp³-hybridized carbons (Fsp3) is 0.158. The van der Waals surface area contributed by atoms with Gasteiger partial charge in [-0.15, -0.1) is 0 Å². The van der Waals surface area contributed by atoms with Crippen molar-refractivity contribution in [2.24, 2.45) is 0 Å². The maximum Gasteiger partial charge on any atom is 0.310 e. The van der Waals surface area contributed by atoms with Crippen LogP contribution in [0, 0.1) is 12.7 Å². The zero-order chi connectivity index (χ0) is 19.0. The van der Waals surface area contributed by atoms with Gasteiger partial charge in [0.1, 0.15) is 0 Å². The van der Waals surface area contributed by atoms with Crippen molar-refractivity contribution in [1.82, 2.24) is 4.57 Å². The number of hydrogen-bond donors (Lipinski definition) is 1. The van der Waals surface area contributed by atoms with Crippen molar-refractivity contribution in [3.05, 3.63) is 64.1 Å². The summed E-state index contributed by atoms with van der Waals surface area (Å²) in [5, 5.41) is 10.6. The summed E-state index contributed by atoms with van der Waals surface area (Å²) < 4.78 is 19.9. The standard InChI is InChI=1S/C19H15ClFNO4/c1-10-13(8-18(24)26-2)14-7-17(23)15(21)9-16(14)22(10)19(25)11-3-5-12(20)6-4-11/h3-7,9,23H,8H2,1-2H3. The monoisotopic (exact) mass is 375 g/mol. The summed E-state index contributed by atoms with van der Waals surface area (Å²) in [5.41, 5.74) is 1.57. The predicted molar refractivity (Wildman–Crippen MR) is 95.2 cm³/mol. The summed E-state index contributed by atoms with van der Waals surface area (Å²) in [5.74, 6) is -2.32. The average molecular weight is 376 g/mol. The largest absolute Gasteiger partial charge is 0.505 e. The molecule has 0 fully saturated rings. The molecule has 7 heteroatoms. The van der Waals surface area contributed by atoms with Crippen molar-refractivity contribution < 1.29 is 23.8 Å². The smallest absolute Gasteiger partial charge is 0.310 e. The van der Waals surface area contributed by atoms with E-state index in [1.165, 1.54) is 17.7 Å². The van der Waals surface area contributed by atoms with E-state index in [1.54, 1.807) is 31.2 Å². The molecule has 3 rings (SSSR count). The summed E-state index contributed by atoms with van der Waals surface area (Å²) in [6.45, 7) is 1.65. The maximum atomic E-state index is 13.9. The first-order valence-electron chi connectivity index (χ1n) is 7.73. The number of nitrogens with zero attached hydrogens (tertiary/aromatic N) is 1. The number of esters is 1. The van der Waals surface area contributed by atoms with Crippen LogP contribution in [0.15, 0.2) is 36.4 Å². The van der Waals surface area contributed by atoms with Crippen LogP contribution >= 0.6 is 11.6 Å². The number of ether oxygens (including phenoxy) is 1. The minimum Gasteiger partial charge on any atom is -0.505 e. The van der Waals surface area contributed by atoms with E-state index in [2.05, 4.69) is 0 Å². The number of carbonyl (C=O) groups is 2. The van der Waals surface area contributed by atoms with Gasteiger partial charge in [-0.05, 0) is 42.8 Å². The topological polar surface area (TPSA) is 68.5 Å². The Kier molecular flexibility index (Phi) is 4.70. The van der Waals surface area contributed by atoms with Gasteiger partial charge in [0.25, 0.3) is 5.91 Å². The molecular formula is C19H15ClFNO4. The van der Waals surface area contributed by atoms with Crippen molar-refractivity contribution >= 4 is 34.4 Å². The Morgan fingerprint density at radius 1 is 1.23 bits per heavy atom. The number of phenols is 1. The second-order valence-electron chi connectivity index (χ2n) is 5.79. The molecule has 134 valence electrons. The molecule has 0 amide bonds. The summed E-state index contributed by atoms with van der Waals surface area (Å²) in [6, 6.07) is 8.57. The van der Waals surface area contributed by atoms with Crippen LogP contribution in [0.3, 0.4) is 0 Å². The molecule has 0 aliphatic carbocycles. The third kappa shape index (κ3) is 3.04. The summed E-state index contributed by atoms with van der Waals surface area (Å²) in [6.07, 6.45) is -0.106. The van der Waals surface area contributed by atoms with Gasteiger partial charge in [0, 0.05) is 27.7 Å². The number of halogens is 2. The molecule has 0 atom stereocenters. The van der Waals surface area contributed by atoms with Gasteiger partial charge in [-0.25, -0.2) is 4.39 Å². The van der Waals surface area contributed by atoms with Gasteiger partial charge in [-0.2, -0.15) is 0 Å². The quantitative estimate of drug-likeness (QED) is 0.706. The molecule has 0 saturated carbocycles. The zero-order valence-corrected chi connectivity index (χ0v) is 14.8. The van der Waals surface area contributed by atoms with Crippen molar-refractivity contribution in [3.8, 4) is 5.75 Å². The molecule has 0 aliphatic rings.